The zero-order valence-corrected chi connectivity index (χ0v) is 10.5. The molecular formula is C9H10Br2N2. The van der Waals surface area contributed by atoms with Crippen molar-refractivity contribution in [3.8, 4) is 0 Å². The molecule has 0 fully saturated rings. The highest BCUT2D eigenvalue weighted by atomic mass is 79.9. The van der Waals surface area contributed by atoms with E-state index >= 15 is 0 Å². The summed E-state index contributed by atoms with van der Waals surface area (Å²) in [5.74, 6) is 0. The Balaban J connectivity index is 3.04. The van der Waals surface area contributed by atoms with Crippen molar-refractivity contribution in [1.29, 1.82) is 0 Å². The molecule has 2 nitrogen and oxygen atoms in total. The van der Waals surface area contributed by atoms with Gasteiger partial charge in [0.15, 0.2) is 0 Å². The maximum absolute atomic E-state index is 4.04. The Hall–Kier alpha value is -0.350. The van der Waals surface area contributed by atoms with Crippen LogP contribution in [0, 0.1) is 0 Å². The van der Waals surface area contributed by atoms with Gasteiger partial charge in [-0.1, -0.05) is 6.08 Å². The van der Waals surface area contributed by atoms with Crippen molar-refractivity contribution in [3.05, 3.63) is 34.0 Å². The van der Waals surface area contributed by atoms with E-state index in [-0.39, 0.29) is 0 Å². The van der Waals surface area contributed by atoms with E-state index in [1.807, 2.05) is 13.1 Å². The summed E-state index contributed by atoms with van der Waals surface area (Å²) in [6.07, 6.45) is 5.42. The lowest BCUT2D eigenvalue weighted by Crippen LogP contribution is -2.17. The molecule has 0 saturated carbocycles. The normalized spacial score (nSPS) is 9.77. The summed E-state index contributed by atoms with van der Waals surface area (Å²) in [5.41, 5.74) is 1.09. The lowest BCUT2D eigenvalue weighted by Gasteiger charge is -2.19. The molecule has 1 heterocycles. The average molecular weight is 306 g/mol. The molecule has 0 aliphatic rings. The highest BCUT2D eigenvalue weighted by molar-refractivity contribution is 9.11. The van der Waals surface area contributed by atoms with Crippen LogP contribution in [0.3, 0.4) is 0 Å². The van der Waals surface area contributed by atoms with Crippen LogP contribution in [0.15, 0.2) is 34.0 Å². The number of anilines is 1. The van der Waals surface area contributed by atoms with Crippen molar-refractivity contribution in [2.24, 2.45) is 0 Å². The molecule has 0 N–H and O–H groups in total. The summed E-state index contributed by atoms with van der Waals surface area (Å²) in [7, 11) is 2.01. The van der Waals surface area contributed by atoms with Gasteiger partial charge in [-0.25, -0.2) is 0 Å². The second-order valence-electron chi connectivity index (χ2n) is 2.62. The smallest absolute Gasteiger partial charge is 0.0686 e. The summed E-state index contributed by atoms with van der Waals surface area (Å²) < 4.78 is 1.96. The van der Waals surface area contributed by atoms with Crippen LogP contribution in [0.1, 0.15) is 0 Å². The third kappa shape index (κ3) is 2.54. The minimum Gasteiger partial charge on any atom is -0.369 e. The molecule has 0 aliphatic carbocycles. The molecule has 0 aromatic carbocycles. The second-order valence-corrected chi connectivity index (χ2v) is 4.33. The molecule has 0 bridgehead atoms. The van der Waals surface area contributed by atoms with Crippen molar-refractivity contribution in [1.82, 2.24) is 4.98 Å². The number of hydrogen-bond acceptors (Lipinski definition) is 2. The monoisotopic (exact) mass is 304 g/mol. The molecule has 1 aromatic heterocycles. The molecule has 1 aromatic rings. The zero-order chi connectivity index (χ0) is 9.84. The Morgan fingerprint density at radius 2 is 2.00 bits per heavy atom. The van der Waals surface area contributed by atoms with Gasteiger partial charge in [-0.05, 0) is 31.9 Å². The third-order valence-electron chi connectivity index (χ3n) is 1.61. The van der Waals surface area contributed by atoms with E-state index in [1.165, 1.54) is 0 Å². The largest absolute Gasteiger partial charge is 0.369 e. The van der Waals surface area contributed by atoms with Gasteiger partial charge in [0.05, 0.1) is 14.6 Å². The number of hydrogen-bond donors (Lipinski definition) is 0. The lowest BCUT2D eigenvalue weighted by molar-refractivity contribution is 1.01. The molecule has 0 atom stereocenters. The van der Waals surface area contributed by atoms with Gasteiger partial charge in [0.25, 0.3) is 0 Å². The molecule has 0 saturated heterocycles. The molecule has 13 heavy (non-hydrogen) atoms. The number of nitrogens with zero attached hydrogens (tertiary/aromatic N) is 2. The molecule has 4 heteroatoms. The molecule has 0 amide bonds. The van der Waals surface area contributed by atoms with Gasteiger partial charge in [0.1, 0.15) is 0 Å². The number of rotatable bonds is 3. The molecule has 0 spiro atoms. The van der Waals surface area contributed by atoms with E-state index in [9.17, 15) is 0 Å². The Morgan fingerprint density at radius 1 is 1.46 bits per heavy atom. The minimum atomic E-state index is 0.807. The topological polar surface area (TPSA) is 16.1 Å². The highest BCUT2D eigenvalue weighted by Crippen LogP contribution is 2.31. The fourth-order valence-corrected chi connectivity index (χ4v) is 2.59. The number of halogens is 2. The summed E-state index contributed by atoms with van der Waals surface area (Å²) in [5, 5.41) is 0. The predicted molar refractivity (Wildman–Crippen MR) is 63.1 cm³/mol. The Kier molecular flexibility index (Phi) is 3.93. The first-order valence-electron chi connectivity index (χ1n) is 3.78. The van der Waals surface area contributed by atoms with Crippen LogP contribution in [0.25, 0.3) is 0 Å². The second kappa shape index (κ2) is 4.77. The van der Waals surface area contributed by atoms with E-state index in [0.29, 0.717) is 0 Å². The molecule has 0 radical (unpaired) electrons. The fourth-order valence-electron chi connectivity index (χ4n) is 1.05. The average Bonchev–Trinajstić information content (AvgIpc) is 2.04. The van der Waals surface area contributed by atoms with Gasteiger partial charge < -0.3 is 4.90 Å². The Bertz CT molecular complexity index is 292. The predicted octanol–water partition coefficient (Wildman–Crippen LogP) is 3.23. The van der Waals surface area contributed by atoms with Gasteiger partial charge in [0.2, 0.25) is 0 Å². The highest BCUT2D eigenvalue weighted by Gasteiger charge is 2.08. The van der Waals surface area contributed by atoms with Gasteiger partial charge in [0, 0.05) is 26.0 Å². The van der Waals surface area contributed by atoms with E-state index in [4.69, 9.17) is 0 Å². The SMILES string of the molecule is C=CCN(C)c1c(Br)cncc1Br. The molecular weight excluding hydrogens is 296 g/mol. The van der Waals surface area contributed by atoms with Crippen LogP contribution in [-0.2, 0) is 0 Å². The van der Waals surface area contributed by atoms with Crippen LogP contribution in [0.2, 0.25) is 0 Å². The van der Waals surface area contributed by atoms with E-state index in [1.54, 1.807) is 12.4 Å². The Labute approximate surface area is 94.9 Å². The van der Waals surface area contributed by atoms with E-state index in [0.717, 1.165) is 21.2 Å². The van der Waals surface area contributed by atoms with Crippen LogP contribution in [-0.4, -0.2) is 18.6 Å². The number of aromatic nitrogens is 1. The van der Waals surface area contributed by atoms with Gasteiger partial charge in [-0.3, -0.25) is 4.98 Å². The first kappa shape index (κ1) is 10.7. The van der Waals surface area contributed by atoms with Crippen molar-refractivity contribution in [2.45, 2.75) is 0 Å². The quantitative estimate of drug-likeness (QED) is 0.797. The summed E-state index contributed by atoms with van der Waals surface area (Å²) in [4.78, 5) is 6.13. The van der Waals surface area contributed by atoms with Crippen molar-refractivity contribution >= 4 is 37.5 Å². The third-order valence-corrected chi connectivity index (χ3v) is 2.77. The van der Waals surface area contributed by atoms with Crippen molar-refractivity contribution in [3.63, 3.8) is 0 Å². The van der Waals surface area contributed by atoms with E-state index in [2.05, 4.69) is 48.3 Å². The molecule has 1 rings (SSSR count). The number of pyridine rings is 1. The van der Waals surface area contributed by atoms with Crippen molar-refractivity contribution < 1.29 is 0 Å². The van der Waals surface area contributed by atoms with Crippen LogP contribution >= 0.6 is 31.9 Å². The summed E-state index contributed by atoms with van der Waals surface area (Å²) in [6.45, 7) is 4.50. The zero-order valence-electron chi connectivity index (χ0n) is 7.30. The first-order valence-corrected chi connectivity index (χ1v) is 5.36. The van der Waals surface area contributed by atoms with Gasteiger partial charge >= 0.3 is 0 Å². The molecule has 0 unspecified atom stereocenters. The van der Waals surface area contributed by atoms with Crippen LogP contribution in [0.4, 0.5) is 5.69 Å². The maximum atomic E-state index is 4.04. The maximum Gasteiger partial charge on any atom is 0.0686 e. The van der Waals surface area contributed by atoms with E-state index < -0.39 is 0 Å². The molecule has 70 valence electrons. The standard InChI is InChI=1S/C9H10Br2N2/c1-3-4-13(2)9-7(10)5-12-6-8(9)11/h3,5-6H,1,4H2,2H3. The van der Waals surface area contributed by atoms with Crippen LogP contribution in [0.5, 0.6) is 0 Å². The molecule has 0 aliphatic heterocycles. The number of likely N-dealkylation sites (N-methyl/N-ethyl adjacent to an activating group) is 1. The first-order chi connectivity index (χ1) is 6.16. The fraction of sp³-hybridized carbons (Fsp3) is 0.222. The van der Waals surface area contributed by atoms with Crippen LogP contribution < -0.4 is 4.90 Å². The van der Waals surface area contributed by atoms with Gasteiger partial charge in [-0.2, -0.15) is 0 Å². The van der Waals surface area contributed by atoms with Crippen molar-refractivity contribution in [2.75, 3.05) is 18.5 Å². The minimum absolute atomic E-state index is 0.807. The lowest BCUT2D eigenvalue weighted by atomic mass is 10.3. The summed E-state index contributed by atoms with van der Waals surface area (Å²) in [6, 6.07) is 0. The summed E-state index contributed by atoms with van der Waals surface area (Å²) >= 11 is 6.90. The van der Waals surface area contributed by atoms with Gasteiger partial charge in [-0.15, -0.1) is 6.58 Å². The Morgan fingerprint density at radius 3 is 2.46 bits per heavy atom.